The summed E-state index contributed by atoms with van der Waals surface area (Å²) in [4.78, 5) is 17.5. The zero-order valence-electron chi connectivity index (χ0n) is 13.2. The molecule has 1 aromatic carbocycles. The summed E-state index contributed by atoms with van der Waals surface area (Å²) in [5.41, 5.74) is 1.37. The number of hydrogen-bond acceptors (Lipinski definition) is 4. The van der Waals surface area contributed by atoms with Crippen LogP contribution in [-0.2, 0) is 11.3 Å². The quantitative estimate of drug-likeness (QED) is 0.754. The Kier molecular flexibility index (Phi) is 3.90. The maximum atomic E-state index is 13.3. The molecule has 1 amide bonds. The van der Waals surface area contributed by atoms with E-state index < -0.39 is 18.6 Å². The molecule has 1 fully saturated rings. The summed E-state index contributed by atoms with van der Waals surface area (Å²) in [7, 11) is 0. The van der Waals surface area contributed by atoms with Crippen molar-refractivity contribution in [1.82, 2.24) is 9.55 Å². The molecule has 0 unspecified atom stereocenters. The molecule has 2 aliphatic heterocycles. The van der Waals surface area contributed by atoms with E-state index in [1.165, 1.54) is 0 Å². The summed E-state index contributed by atoms with van der Waals surface area (Å²) in [6.07, 6.45) is -3.51. The maximum Gasteiger partial charge on any atom is 0.416 e. The number of imidazole rings is 1. The number of anilines is 1. The molecule has 2 aliphatic rings. The Labute approximate surface area is 150 Å². The molecule has 0 bridgehead atoms. The van der Waals surface area contributed by atoms with E-state index in [2.05, 4.69) is 20.9 Å². The van der Waals surface area contributed by atoms with E-state index in [9.17, 15) is 13.6 Å². The number of benzene rings is 1. The fraction of sp³-hybridized carbons (Fsp3) is 0.375. The van der Waals surface area contributed by atoms with E-state index in [0.29, 0.717) is 30.4 Å². The molecular weight excluding hydrogens is 400 g/mol. The van der Waals surface area contributed by atoms with Crippen LogP contribution in [-0.4, -0.2) is 41.3 Å². The molecule has 9 heteroatoms. The molecule has 0 aliphatic carbocycles. The number of aromatic nitrogens is 2. The Bertz CT molecular complexity index is 855. The van der Waals surface area contributed by atoms with Crippen LogP contribution in [0.4, 0.5) is 19.4 Å². The molecule has 4 rings (SSSR count). The minimum absolute atomic E-state index is 0.207. The van der Waals surface area contributed by atoms with E-state index in [4.69, 9.17) is 9.47 Å². The lowest BCUT2D eigenvalue weighted by Crippen LogP contribution is -2.39. The van der Waals surface area contributed by atoms with Gasteiger partial charge in [0.05, 0.1) is 17.8 Å². The smallest absolute Gasteiger partial charge is 0.416 e. The minimum Gasteiger partial charge on any atom is -0.491 e. The minimum atomic E-state index is -2.71. The van der Waals surface area contributed by atoms with Gasteiger partial charge >= 0.3 is 6.09 Å². The highest BCUT2D eigenvalue weighted by molar-refractivity contribution is 9.10. The van der Waals surface area contributed by atoms with Gasteiger partial charge in [0.15, 0.2) is 5.82 Å². The Morgan fingerprint density at radius 2 is 2.16 bits per heavy atom. The zero-order chi connectivity index (χ0) is 17.7. The van der Waals surface area contributed by atoms with Crippen LogP contribution in [0.1, 0.15) is 5.69 Å². The van der Waals surface area contributed by atoms with Crippen LogP contribution >= 0.6 is 15.9 Å². The number of fused-ring (bicyclic) bond motifs is 3. The second-order valence-corrected chi connectivity index (χ2v) is 6.75. The van der Waals surface area contributed by atoms with E-state index in [1.54, 1.807) is 6.92 Å². The first-order valence-corrected chi connectivity index (χ1v) is 8.50. The number of carbonyl (C=O) groups is 1. The molecule has 1 atom stereocenters. The Morgan fingerprint density at radius 1 is 1.36 bits per heavy atom. The average Bonchev–Trinajstić information content (AvgIpc) is 3.03. The first kappa shape index (κ1) is 16.3. The van der Waals surface area contributed by atoms with Gasteiger partial charge in [0.2, 0.25) is 0 Å². The van der Waals surface area contributed by atoms with Crippen molar-refractivity contribution in [2.24, 2.45) is 0 Å². The molecule has 0 spiro atoms. The number of carbonyl (C=O) groups excluding carboxylic acids is 1. The number of hydrogen-bond donors (Lipinski definition) is 0. The Balaban J connectivity index is 1.85. The van der Waals surface area contributed by atoms with Crippen LogP contribution in [0.2, 0.25) is 0 Å². The van der Waals surface area contributed by atoms with Gasteiger partial charge in [-0.3, -0.25) is 0 Å². The third-order valence-electron chi connectivity index (χ3n) is 4.38. The summed E-state index contributed by atoms with van der Waals surface area (Å²) in [6.45, 7) is 2.33. The average molecular weight is 414 g/mol. The molecular formula is C16H14BrF2N3O3. The molecule has 6 nitrogen and oxygen atoms in total. The highest BCUT2D eigenvalue weighted by atomic mass is 79.9. The predicted molar refractivity (Wildman–Crippen MR) is 89.2 cm³/mol. The number of ether oxygens (including phenoxy) is 2. The number of alkyl halides is 2. The largest absolute Gasteiger partial charge is 0.491 e. The third-order valence-corrected chi connectivity index (χ3v) is 4.87. The molecule has 3 heterocycles. The second-order valence-electron chi connectivity index (χ2n) is 5.83. The van der Waals surface area contributed by atoms with Crippen LogP contribution in [0.3, 0.4) is 0 Å². The van der Waals surface area contributed by atoms with Crippen molar-refractivity contribution in [3.05, 3.63) is 28.4 Å². The molecule has 1 aromatic heterocycles. The highest BCUT2D eigenvalue weighted by Gasteiger charge is 2.43. The van der Waals surface area contributed by atoms with Gasteiger partial charge in [-0.1, -0.05) is 15.9 Å². The van der Waals surface area contributed by atoms with Crippen molar-refractivity contribution in [3.63, 3.8) is 0 Å². The molecule has 0 N–H and O–H groups in total. The van der Waals surface area contributed by atoms with Crippen LogP contribution in [0.15, 0.2) is 22.7 Å². The summed E-state index contributed by atoms with van der Waals surface area (Å²) in [5, 5.41) is 0. The van der Waals surface area contributed by atoms with Crippen molar-refractivity contribution in [2.45, 2.75) is 25.9 Å². The Hall–Kier alpha value is -2.16. The number of rotatable bonds is 2. The van der Waals surface area contributed by atoms with E-state index >= 15 is 0 Å². The third kappa shape index (κ3) is 2.57. The Morgan fingerprint density at radius 3 is 2.92 bits per heavy atom. The number of amides is 1. The second kappa shape index (κ2) is 5.98. The molecule has 1 saturated heterocycles. The summed E-state index contributed by atoms with van der Waals surface area (Å²) >= 11 is 3.40. The SMILES string of the molecule is Cc1c(N2C(=O)OC[C@H]2C(F)F)nc2n1CCOc1cc(Br)ccc1-2. The van der Waals surface area contributed by atoms with Crippen molar-refractivity contribution >= 4 is 27.8 Å². The van der Waals surface area contributed by atoms with Gasteiger partial charge in [-0.15, -0.1) is 0 Å². The van der Waals surface area contributed by atoms with Crippen LogP contribution in [0, 0.1) is 6.92 Å². The van der Waals surface area contributed by atoms with Gasteiger partial charge in [-0.25, -0.2) is 23.5 Å². The summed E-state index contributed by atoms with van der Waals surface area (Å²) in [5.74, 6) is 1.44. The van der Waals surface area contributed by atoms with E-state index in [1.807, 2.05) is 22.8 Å². The highest BCUT2D eigenvalue weighted by Crippen LogP contribution is 2.38. The fourth-order valence-electron chi connectivity index (χ4n) is 3.14. The predicted octanol–water partition coefficient (Wildman–Crippen LogP) is 3.60. The van der Waals surface area contributed by atoms with Gasteiger partial charge < -0.3 is 14.0 Å². The first-order valence-electron chi connectivity index (χ1n) is 7.71. The van der Waals surface area contributed by atoms with Gasteiger partial charge in [0.1, 0.15) is 30.8 Å². The zero-order valence-corrected chi connectivity index (χ0v) is 14.8. The van der Waals surface area contributed by atoms with Crippen molar-refractivity contribution in [3.8, 4) is 17.1 Å². The monoisotopic (exact) mass is 413 g/mol. The fourth-order valence-corrected chi connectivity index (χ4v) is 3.48. The molecule has 0 radical (unpaired) electrons. The number of nitrogens with zero attached hydrogens (tertiary/aromatic N) is 3. The normalized spacial score (nSPS) is 19.3. The molecule has 132 valence electrons. The van der Waals surface area contributed by atoms with Crippen molar-refractivity contribution in [2.75, 3.05) is 18.1 Å². The lowest BCUT2D eigenvalue weighted by Gasteiger charge is -2.19. The lowest BCUT2D eigenvalue weighted by molar-refractivity contribution is 0.104. The maximum absolute atomic E-state index is 13.3. The van der Waals surface area contributed by atoms with E-state index in [0.717, 1.165) is 14.9 Å². The summed E-state index contributed by atoms with van der Waals surface area (Å²) < 4.78 is 39.9. The first-order chi connectivity index (χ1) is 12.0. The number of cyclic esters (lactones) is 1. The van der Waals surface area contributed by atoms with Gasteiger partial charge in [-0.05, 0) is 25.1 Å². The molecule has 2 aromatic rings. The number of halogens is 3. The molecule has 0 saturated carbocycles. The van der Waals surface area contributed by atoms with Gasteiger partial charge in [0.25, 0.3) is 6.43 Å². The van der Waals surface area contributed by atoms with Crippen molar-refractivity contribution < 1.29 is 23.0 Å². The van der Waals surface area contributed by atoms with E-state index in [-0.39, 0.29) is 12.4 Å². The van der Waals surface area contributed by atoms with Gasteiger partial charge in [-0.2, -0.15) is 0 Å². The molecule has 25 heavy (non-hydrogen) atoms. The van der Waals surface area contributed by atoms with Crippen molar-refractivity contribution in [1.29, 1.82) is 0 Å². The van der Waals surface area contributed by atoms with Gasteiger partial charge in [0, 0.05) is 4.47 Å². The van der Waals surface area contributed by atoms with Crippen LogP contribution in [0.25, 0.3) is 11.4 Å². The summed E-state index contributed by atoms with van der Waals surface area (Å²) in [6, 6.07) is 4.21. The lowest BCUT2D eigenvalue weighted by atomic mass is 10.2. The van der Waals surface area contributed by atoms with Crippen LogP contribution < -0.4 is 9.64 Å². The standard InChI is InChI=1S/C16H14BrF2N3O3/c1-8-14(22-11(13(18)19)7-25-16(22)23)20-15-10-3-2-9(17)6-12(10)24-5-4-21(8)15/h2-3,6,11,13H,4-5,7H2,1H3/t11-/m0/s1. The topological polar surface area (TPSA) is 56.6 Å². The van der Waals surface area contributed by atoms with Crippen LogP contribution in [0.5, 0.6) is 5.75 Å².